The van der Waals surface area contributed by atoms with Gasteiger partial charge in [-0.3, -0.25) is 9.59 Å². The van der Waals surface area contributed by atoms with Crippen LogP contribution in [0.2, 0.25) is 0 Å². The van der Waals surface area contributed by atoms with Crippen LogP contribution in [-0.2, 0) is 35.3 Å². The van der Waals surface area contributed by atoms with E-state index in [0.29, 0.717) is 24.4 Å². The number of methoxy groups -OCH3 is 1. The molecule has 0 saturated carbocycles. The molecule has 2 heterocycles. The van der Waals surface area contributed by atoms with Gasteiger partial charge in [-0.2, -0.15) is 0 Å². The largest absolute Gasteiger partial charge is 0.465 e. The molecule has 0 radical (unpaired) electrons. The minimum absolute atomic E-state index is 0.0368. The van der Waals surface area contributed by atoms with E-state index < -0.39 is 0 Å². The lowest BCUT2D eigenvalue weighted by atomic mass is 9.97. The average molecular weight is 440 g/mol. The molecular weight excluding hydrogens is 414 g/mol. The maximum atomic E-state index is 12.6. The highest BCUT2D eigenvalue weighted by Gasteiger charge is 2.20. The van der Waals surface area contributed by atoms with Gasteiger partial charge in [-0.1, -0.05) is 12.1 Å². The molecule has 0 spiro atoms. The fraction of sp³-hybridized carbons (Fsp3) is 0.391. The first-order valence-electron chi connectivity index (χ1n) is 10.4. The number of amides is 1. The van der Waals surface area contributed by atoms with Crippen LogP contribution in [0, 0.1) is 0 Å². The zero-order valence-corrected chi connectivity index (χ0v) is 18.5. The number of nitrogens with one attached hydrogen (secondary N) is 1. The molecule has 7 nitrogen and oxygen atoms in total. The Morgan fingerprint density at radius 3 is 2.68 bits per heavy atom. The summed E-state index contributed by atoms with van der Waals surface area (Å²) in [6.45, 7) is 0.431. The van der Waals surface area contributed by atoms with E-state index in [0.717, 1.165) is 41.5 Å². The molecule has 0 saturated heterocycles. The second kappa shape index (κ2) is 9.01. The van der Waals surface area contributed by atoms with E-state index in [9.17, 15) is 14.4 Å². The second-order valence-electron chi connectivity index (χ2n) is 7.84. The molecule has 31 heavy (non-hydrogen) atoms. The van der Waals surface area contributed by atoms with Crippen molar-refractivity contribution < 1.29 is 14.3 Å². The molecule has 0 unspecified atom stereocenters. The van der Waals surface area contributed by atoms with Crippen molar-refractivity contribution in [2.45, 2.75) is 45.1 Å². The predicted octanol–water partition coefficient (Wildman–Crippen LogP) is 3.24. The number of H-pyrrole nitrogens is 1. The minimum Gasteiger partial charge on any atom is -0.465 e. The number of benzene rings is 1. The maximum absolute atomic E-state index is 12.6. The quantitative estimate of drug-likeness (QED) is 0.595. The summed E-state index contributed by atoms with van der Waals surface area (Å²) in [5.41, 5.74) is 2.47. The van der Waals surface area contributed by atoms with Crippen molar-refractivity contribution in [2.75, 3.05) is 14.2 Å². The van der Waals surface area contributed by atoms with Crippen molar-refractivity contribution in [1.29, 1.82) is 0 Å². The number of ether oxygens (including phenoxy) is 1. The van der Waals surface area contributed by atoms with Crippen molar-refractivity contribution >= 4 is 33.4 Å². The smallest absolute Gasteiger partial charge is 0.337 e. The van der Waals surface area contributed by atoms with E-state index in [-0.39, 0.29) is 23.9 Å². The van der Waals surface area contributed by atoms with Crippen LogP contribution in [0.5, 0.6) is 0 Å². The lowest BCUT2D eigenvalue weighted by Crippen LogP contribution is -2.27. The Bertz CT molecular complexity index is 1180. The molecule has 0 bridgehead atoms. The average Bonchev–Trinajstić information content (AvgIpc) is 3.16. The number of esters is 1. The summed E-state index contributed by atoms with van der Waals surface area (Å²) in [6.07, 6.45) is 4.90. The third-order valence-electron chi connectivity index (χ3n) is 5.67. The van der Waals surface area contributed by atoms with Crippen molar-refractivity contribution in [2.24, 2.45) is 0 Å². The number of nitrogens with zero attached hydrogens (tertiary/aromatic N) is 2. The van der Waals surface area contributed by atoms with Gasteiger partial charge in [0.05, 0.1) is 18.1 Å². The molecule has 0 atom stereocenters. The van der Waals surface area contributed by atoms with E-state index in [4.69, 9.17) is 4.74 Å². The zero-order chi connectivity index (χ0) is 22.0. The van der Waals surface area contributed by atoms with E-state index in [1.54, 1.807) is 35.4 Å². The molecular formula is C23H25N3O4S. The van der Waals surface area contributed by atoms with Gasteiger partial charge in [0.15, 0.2) is 0 Å². The topological polar surface area (TPSA) is 92.4 Å². The summed E-state index contributed by atoms with van der Waals surface area (Å²) >= 11 is 1.62. The molecule has 1 aliphatic carbocycles. The van der Waals surface area contributed by atoms with Crippen LogP contribution in [0.25, 0.3) is 10.2 Å². The summed E-state index contributed by atoms with van der Waals surface area (Å²) in [6, 6.07) is 6.98. The van der Waals surface area contributed by atoms with Crippen LogP contribution >= 0.6 is 11.3 Å². The summed E-state index contributed by atoms with van der Waals surface area (Å²) in [7, 11) is 3.08. The Morgan fingerprint density at radius 1 is 1.19 bits per heavy atom. The van der Waals surface area contributed by atoms with Crippen LogP contribution in [0.3, 0.4) is 0 Å². The van der Waals surface area contributed by atoms with Crippen molar-refractivity contribution in [3.8, 4) is 0 Å². The number of aryl methyl sites for hydroxylation is 3. The lowest BCUT2D eigenvalue weighted by Gasteiger charge is -2.17. The number of rotatable bonds is 6. The number of thiophene rings is 1. The highest BCUT2D eigenvalue weighted by atomic mass is 32.1. The molecule has 3 aromatic rings. The Kier molecular flexibility index (Phi) is 6.18. The molecule has 8 heteroatoms. The molecule has 162 valence electrons. The summed E-state index contributed by atoms with van der Waals surface area (Å²) in [5, 5.41) is 0.738. The Balaban J connectivity index is 1.39. The number of aromatic amines is 1. The van der Waals surface area contributed by atoms with Gasteiger partial charge in [0.2, 0.25) is 5.91 Å². The summed E-state index contributed by atoms with van der Waals surface area (Å²) in [5.74, 6) is 0.131. The van der Waals surface area contributed by atoms with Crippen LogP contribution < -0.4 is 5.56 Å². The molecule has 1 aromatic carbocycles. The Labute approximate surface area is 184 Å². The first-order valence-corrected chi connectivity index (χ1v) is 11.2. The van der Waals surface area contributed by atoms with E-state index >= 15 is 0 Å². The monoisotopic (exact) mass is 439 g/mol. The van der Waals surface area contributed by atoms with E-state index in [2.05, 4.69) is 9.97 Å². The first-order chi connectivity index (χ1) is 15.0. The number of carbonyl (C=O) groups is 2. The van der Waals surface area contributed by atoms with Gasteiger partial charge < -0.3 is 14.6 Å². The molecule has 1 amide bonds. The fourth-order valence-corrected chi connectivity index (χ4v) is 5.25. The summed E-state index contributed by atoms with van der Waals surface area (Å²) in [4.78, 5) is 48.0. The third kappa shape index (κ3) is 4.54. The van der Waals surface area contributed by atoms with Crippen molar-refractivity contribution in [1.82, 2.24) is 14.9 Å². The van der Waals surface area contributed by atoms with Gasteiger partial charge in [-0.05, 0) is 48.9 Å². The van der Waals surface area contributed by atoms with Crippen LogP contribution in [-0.4, -0.2) is 40.9 Å². The van der Waals surface area contributed by atoms with Crippen molar-refractivity contribution in [3.63, 3.8) is 0 Å². The number of hydrogen-bond donors (Lipinski definition) is 1. The molecule has 1 aliphatic rings. The minimum atomic E-state index is -0.388. The van der Waals surface area contributed by atoms with Gasteiger partial charge in [-0.15, -0.1) is 11.3 Å². The van der Waals surface area contributed by atoms with Crippen LogP contribution in [0.15, 0.2) is 29.1 Å². The molecule has 0 fully saturated rings. The van der Waals surface area contributed by atoms with Crippen LogP contribution in [0.4, 0.5) is 0 Å². The van der Waals surface area contributed by atoms with E-state index in [1.807, 2.05) is 12.1 Å². The highest BCUT2D eigenvalue weighted by Crippen LogP contribution is 2.33. The van der Waals surface area contributed by atoms with Gasteiger partial charge in [0.25, 0.3) is 5.56 Å². The number of aromatic nitrogens is 2. The van der Waals surface area contributed by atoms with E-state index in [1.165, 1.54) is 17.6 Å². The van der Waals surface area contributed by atoms with Crippen molar-refractivity contribution in [3.05, 3.63) is 62.0 Å². The Hall–Kier alpha value is -3.00. The maximum Gasteiger partial charge on any atom is 0.337 e. The van der Waals surface area contributed by atoms with Gasteiger partial charge in [-0.25, -0.2) is 9.78 Å². The first kappa shape index (κ1) is 21.2. The number of hydrogen-bond acceptors (Lipinski definition) is 6. The zero-order valence-electron chi connectivity index (χ0n) is 17.7. The highest BCUT2D eigenvalue weighted by molar-refractivity contribution is 7.18. The molecule has 4 rings (SSSR count). The Morgan fingerprint density at radius 2 is 1.94 bits per heavy atom. The fourth-order valence-electron chi connectivity index (χ4n) is 3.97. The van der Waals surface area contributed by atoms with Gasteiger partial charge in [0, 0.05) is 31.3 Å². The molecule has 0 aliphatic heterocycles. The summed E-state index contributed by atoms with van der Waals surface area (Å²) < 4.78 is 4.69. The van der Waals surface area contributed by atoms with Gasteiger partial charge >= 0.3 is 5.97 Å². The molecule has 2 aromatic heterocycles. The number of carbonyl (C=O) groups excluding carboxylic acids is 2. The number of fused-ring (bicyclic) bond motifs is 3. The van der Waals surface area contributed by atoms with Gasteiger partial charge in [0.1, 0.15) is 10.7 Å². The predicted molar refractivity (Wildman–Crippen MR) is 119 cm³/mol. The normalized spacial score (nSPS) is 13.1. The van der Waals surface area contributed by atoms with Crippen LogP contribution in [0.1, 0.15) is 51.4 Å². The molecule has 1 N–H and O–H groups in total. The lowest BCUT2D eigenvalue weighted by molar-refractivity contribution is -0.130. The SMILES string of the molecule is COC(=O)c1ccc(CN(C)C(=O)CCc2nc3sc4c(c3c(=O)[nH]2)CCCC4)cc1. The standard InChI is InChI=1S/C23H25N3O4S/c1-26(13-14-7-9-15(10-8-14)23(29)30-2)19(27)12-11-18-24-21(28)20-16-5-3-4-6-17(16)31-22(20)25-18/h7-10H,3-6,11-13H2,1-2H3,(H,24,25,28). The third-order valence-corrected chi connectivity index (χ3v) is 6.86. The second-order valence-corrected chi connectivity index (χ2v) is 8.93.